The summed E-state index contributed by atoms with van der Waals surface area (Å²) in [5.41, 5.74) is 1.52. The Hall–Kier alpha value is -2.41. The molecule has 3 rings (SSSR count). The van der Waals surface area contributed by atoms with Gasteiger partial charge in [0, 0.05) is 12.3 Å². The first-order valence-electron chi connectivity index (χ1n) is 8.84. The van der Waals surface area contributed by atoms with Crippen LogP contribution in [-0.4, -0.2) is 42.8 Å². The van der Waals surface area contributed by atoms with Gasteiger partial charge in [-0.2, -0.15) is 0 Å². The van der Waals surface area contributed by atoms with Crippen molar-refractivity contribution in [2.24, 2.45) is 0 Å². The lowest BCUT2D eigenvalue weighted by molar-refractivity contribution is -0.139. The first kappa shape index (κ1) is 18.4. The van der Waals surface area contributed by atoms with Crippen molar-refractivity contribution >= 4 is 12.0 Å². The van der Waals surface area contributed by atoms with Crippen molar-refractivity contribution in [3.8, 4) is 0 Å². The Morgan fingerprint density at radius 1 is 1.38 bits per heavy atom. The number of nitrogens with one attached hydrogen (secondary N) is 1. The Kier molecular flexibility index (Phi) is 5.56. The molecule has 2 aliphatic heterocycles. The molecule has 2 aliphatic rings. The first-order valence-corrected chi connectivity index (χ1v) is 8.84. The lowest BCUT2D eigenvalue weighted by atomic mass is 9.94. The van der Waals surface area contributed by atoms with Crippen molar-refractivity contribution in [2.45, 2.75) is 38.8 Å². The maximum atomic E-state index is 13.3. The number of hydrogen-bond acceptors (Lipinski definition) is 4. The summed E-state index contributed by atoms with van der Waals surface area (Å²) < 4.78 is 24.1. The number of carbonyl (C=O) groups excluding carboxylic acids is 2. The van der Waals surface area contributed by atoms with Crippen LogP contribution in [0.3, 0.4) is 0 Å². The number of carbonyl (C=O) groups is 2. The van der Waals surface area contributed by atoms with Crippen molar-refractivity contribution in [2.75, 3.05) is 19.8 Å². The lowest BCUT2D eigenvalue weighted by Gasteiger charge is -2.36. The van der Waals surface area contributed by atoms with Gasteiger partial charge in [-0.05, 0) is 44.4 Å². The zero-order valence-electron chi connectivity index (χ0n) is 15.0. The molecule has 6 nitrogen and oxygen atoms in total. The number of hydrogen-bond donors (Lipinski definition) is 1. The Bertz CT molecular complexity index is 711. The number of urea groups is 1. The van der Waals surface area contributed by atoms with E-state index in [1.54, 1.807) is 26.0 Å². The van der Waals surface area contributed by atoms with Crippen molar-refractivity contribution in [3.05, 3.63) is 46.9 Å². The van der Waals surface area contributed by atoms with Gasteiger partial charge in [-0.25, -0.2) is 14.0 Å². The minimum absolute atomic E-state index is 0.0403. The van der Waals surface area contributed by atoms with Gasteiger partial charge in [0.2, 0.25) is 0 Å². The van der Waals surface area contributed by atoms with Crippen LogP contribution in [0.1, 0.15) is 38.3 Å². The average molecular weight is 362 g/mol. The van der Waals surface area contributed by atoms with Crippen LogP contribution in [0.4, 0.5) is 9.18 Å². The summed E-state index contributed by atoms with van der Waals surface area (Å²) in [6, 6.07) is 4.74. The smallest absolute Gasteiger partial charge is 0.338 e. The SMILES string of the molecule is CCOC(=O)C1=C(C)N(C[C@@H]2CCCO2)C(=O)N[C@@H]1c1ccc(F)cc1. The third-order valence-corrected chi connectivity index (χ3v) is 4.71. The van der Waals surface area contributed by atoms with Gasteiger partial charge in [0.15, 0.2) is 0 Å². The van der Waals surface area contributed by atoms with Crippen LogP contribution in [0.2, 0.25) is 0 Å². The third kappa shape index (κ3) is 3.72. The molecule has 1 aromatic carbocycles. The van der Waals surface area contributed by atoms with Crippen LogP contribution in [0.25, 0.3) is 0 Å². The molecule has 0 radical (unpaired) electrons. The second-order valence-corrected chi connectivity index (χ2v) is 6.40. The monoisotopic (exact) mass is 362 g/mol. The standard InChI is InChI=1S/C19H23FN2O4/c1-3-25-18(23)16-12(2)22(11-15-5-4-10-26-15)19(24)21-17(16)13-6-8-14(20)9-7-13/h6-9,15,17H,3-5,10-11H2,1-2H3,(H,21,24)/t15-,17+/m0/s1. The molecule has 0 bridgehead atoms. The van der Waals surface area contributed by atoms with Crippen molar-refractivity contribution < 1.29 is 23.5 Å². The van der Waals surface area contributed by atoms with Gasteiger partial charge in [0.1, 0.15) is 5.82 Å². The molecular formula is C19H23FN2O4. The van der Waals surface area contributed by atoms with Gasteiger partial charge < -0.3 is 14.8 Å². The number of esters is 1. The summed E-state index contributed by atoms with van der Waals surface area (Å²) >= 11 is 0. The largest absolute Gasteiger partial charge is 0.463 e. The minimum atomic E-state index is -0.678. The lowest BCUT2D eigenvalue weighted by Crippen LogP contribution is -2.50. The van der Waals surface area contributed by atoms with Crippen LogP contribution < -0.4 is 5.32 Å². The highest BCUT2D eigenvalue weighted by molar-refractivity contribution is 5.95. The molecule has 26 heavy (non-hydrogen) atoms. The number of rotatable bonds is 5. The fourth-order valence-electron chi connectivity index (χ4n) is 3.37. The summed E-state index contributed by atoms with van der Waals surface area (Å²) in [5.74, 6) is -0.869. The molecule has 0 saturated carbocycles. The van der Waals surface area contributed by atoms with E-state index in [0.717, 1.165) is 12.8 Å². The van der Waals surface area contributed by atoms with Crippen LogP contribution in [0.5, 0.6) is 0 Å². The Labute approximate surface area is 151 Å². The van der Waals surface area contributed by atoms with E-state index in [-0.39, 0.29) is 24.6 Å². The summed E-state index contributed by atoms with van der Waals surface area (Å²) in [7, 11) is 0. The second kappa shape index (κ2) is 7.86. The minimum Gasteiger partial charge on any atom is -0.463 e. The van der Waals surface area contributed by atoms with Gasteiger partial charge in [-0.3, -0.25) is 4.90 Å². The number of ether oxygens (including phenoxy) is 2. The van der Waals surface area contributed by atoms with Gasteiger partial charge in [-0.15, -0.1) is 0 Å². The van der Waals surface area contributed by atoms with Crippen LogP contribution in [0.15, 0.2) is 35.5 Å². The van der Waals surface area contributed by atoms with E-state index in [0.29, 0.717) is 30.0 Å². The Balaban J connectivity index is 1.96. The fourth-order valence-corrected chi connectivity index (χ4v) is 3.37. The molecule has 0 aromatic heterocycles. The van der Waals surface area contributed by atoms with E-state index < -0.39 is 12.0 Å². The van der Waals surface area contributed by atoms with Crippen molar-refractivity contribution in [1.82, 2.24) is 10.2 Å². The molecule has 0 spiro atoms. The van der Waals surface area contributed by atoms with E-state index in [2.05, 4.69) is 5.32 Å². The fraction of sp³-hybridized carbons (Fsp3) is 0.474. The van der Waals surface area contributed by atoms with E-state index in [4.69, 9.17) is 9.47 Å². The molecular weight excluding hydrogens is 339 g/mol. The van der Waals surface area contributed by atoms with Crippen molar-refractivity contribution in [1.29, 1.82) is 0 Å². The zero-order chi connectivity index (χ0) is 18.7. The molecule has 1 fully saturated rings. The highest BCUT2D eigenvalue weighted by atomic mass is 19.1. The van der Waals surface area contributed by atoms with Gasteiger partial charge >= 0.3 is 12.0 Å². The molecule has 2 heterocycles. The molecule has 1 aromatic rings. The predicted octanol–water partition coefficient (Wildman–Crippen LogP) is 2.91. The van der Waals surface area contributed by atoms with Crippen molar-refractivity contribution in [3.63, 3.8) is 0 Å². The number of amides is 2. The Morgan fingerprint density at radius 3 is 2.73 bits per heavy atom. The van der Waals surface area contributed by atoms with Crippen LogP contribution >= 0.6 is 0 Å². The number of allylic oxidation sites excluding steroid dienone is 1. The van der Waals surface area contributed by atoms with Gasteiger partial charge in [-0.1, -0.05) is 12.1 Å². The molecule has 140 valence electrons. The molecule has 1 N–H and O–H groups in total. The maximum Gasteiger partial charge on any atom is 0.338 e. The molecule has 0 aliphatic carbocycles. The highest BCUT2D eigenvalue weighted by Crippen LogP contribution is 2.32. The Morgan fingerprint density at radius 2 is 2.12 bits per heavy atom. The van der Waals surface area contributed by atoms with Crippen LogP contribution in [0, 0.1) is 5.82 Å². The molecule has 0 unspecified atom stereocenters. The first-order chi connectivity index (χ1) is 12.5. The van der Waals surface area contributed by atoms with Gasteiger partial charge in [0.05, 0.1) is 30.9 Å². The summed E-state index contributed by atoms with van der Waals surface area (Å²) in [6.07, 6.45) is 1.81. The van der Waals surface area contributed by atoms with Crippen LogP contribution in [-0.2, 0) is 14.3 Å². The number of benzene rings is 1. The summed E-state index contributed by atoms with van der Waals surface area (Å²) in [5, 5.41) is 2.85. The van der Waals surface area contributed by atoms with E-state index in [1.807, 2.05) is 0 Å². The quantitative estimate of drug-likeness (QED) is 0.818. The molecule has 7 heteroatoms. The zero-order valence-corrected chi connectivity index (χ0v) is 15.0. The summed E-state index contributed by atoms with van der Waals surface area (Å²) in [4.78, 5) is 26.8. The molecule has 1 saturated heterocycles. The molecule has 2 atom stereocenters. The summed E-state index contributed by atoms with van der Waals surface area (Å²) in [6.45, 7) is 4.76. The van der Waals surface area contributed by atoms with E-state index in [9.17, 15) is 14.0 Å². The van der Waals surface area contributed by atoms with Gasteiger partial charge in [0.25, 0.3) is 0 Å². The maximum absolute atomic E-state index is 13.3. The second-order valence-electron chi connectivity index (χ2n) is 6.40. The van der Waals surface area contributed by atoms with E-state index in [1.165, 1.54) is 17.0 Å². The average Bonchev–Trinajstić information content (AvgIpc) is 3.12. The number of halogens is 1. The molecule has 2 amide bonds. The topological polar surface area (TPSA) is 67.9 Å². The predicted molar refractivity (Wildman–Crippen MR) is 92.7 cm³/mol. The third-order valence-electron chi connectivity index (χ3n) is 4.71. The number of nitrogens with zero attached hydrogens (tertiary/aromatic N) is 1. The normalized spacial score (nSPS) is 23.2. The van der Waals surface area contributed by atoms with E-state index >= 15 is 0 Å². The highest BCUT2D eigenvalue weighted by Gasteiger charge is 2.37.